The van der Waals surface area contributed by atoms with Crippen molar-refractivity contribution in [2.45, 2.75) is 32.7 Å². The largest absolute Gasteiger partial charge is 0.481 e. The summed E-state index contributed by atoms with van der Waals surface area (Å²) >= 11 is 0. The number of carboxylic acids is 1. The average molecular weight is 292 g/mol. The molecule has 0 aromatic carbocycles. The van der Waals surface area contributed by atoms with Gasteiger partial charge >= 0.3 is 11.7 Å². The van der Waals surface area contributed by atoms with E-state index >= 15 is 0 Å². The van der Waals surface area contributed by atoms with Crippen LogP contribution in [0.15, 0.2) is 12.1 Å². The Bertz CT molecular complexity index is 580. The van der Waals surface area contributed by atoms with Crippen LogP contribution in [0, 0.1) is 21.4 Å². The molecule has 0 amide bonds. The number of carboxylic acid groups (broad SMARTS) is 1. The third kappa shape index (κ3) is 4.42. The molecule has 0 radical (unpaired) electrons. The fourth-order valence-electron chi connectivity index (χ4n) is 1.87. The highest BCUT2D eigenvalue weighted by Gasteiger charge is 2.19. The number of hydrogen-bond acceptors (Lipinski definition) is 6. The summed E-state index contributed by atoms with van der Waals surface area (Å²) in [6.45, 7) is 4.24. The van der Waals surface area contributed by atoms with Crippen molar-refractivity contribution in [2.24, 2.45) is 0 Å². The van der Waals surface area contributed by atoms with Crippen LogP contribution < -0.4 is 4.90 Å². The molecule has 0 spiro atoms. The Balaban J connectivity index is 3.01. The van der Waals surface area contributed by atoms with Gasteiger partial charge < -0.3 is 10.0 Å². The van der Waals surface area contributed by atoms with Crippen LogP contribution in [0.3, 0.4) is 0 Å². The predicted molar refractivity (Wildman–Crippen MR) is 75.0 cm³/mol. The minimum atomic E-state index is -0.881. The Morgan fingerprint density at radius 2 is 2.24 bits per heavy atom. The number of nitrogens with zero attached hydrogens (tertiary/aromatic N) is 4. The first-order valence-electron chi connectivity index (χ1n) is 6.40. The molecule has 21 heavy (non-hydrogen) atoms. The zero-order valence-electron chi connectivity index (χ0n) is 11.8. The fraction of sp³-hybridized carbons (Fsp3) is 0.462. The highest BCUT2D eigenvalue weighted by Crippen LogP contribution is 2.22. The van der Waals surface area contributed by atoms with E-state index < -0.39 is 10.9 Å². The van der Waals surface area contributed by atoms with Crippen molar-refractivity contribution >= 4 is 17.5 Å². The summed E-state index contributed by atoms with van der Waals surface area (Å²) in [7, 11) is 0. The fourth-order valence-corrected chi connectivity index (χ4v) is 1.87. The number of rotatable bonds is 7. The minimum Gasteiger partial charge on any atom is -0.481 e. The van der Waals surface area contributed by atoms with Crippen LogP contribution in [-0.4, -0.2) is 33.6 Å². The summed E-state index contributed by atoms with van der Waals surface area (Å²) in [5.74, 6) is -0.453. The van der Waals surface area contributed by atoms with Gasteiger partial charge in [0, 0.05) is 25.1 Å². The maximum absolute atomic E-state index is 10.8. The summed E-state index contributed by atoms with van der Waals surface area (Å²) in [6.07, 6.45) is 0.454. The van der Waals surface area contributed by atoms with Gasteiger partial charge in [-0.05, 0) is 26.3 Å². The molecule has 0 unspecified atom stereocenters. The van der Waals surface area contributed by atoms with Gasteiger partial charge in [0.2, 0.25) is 5.69 Å². The maximum Gasteiger partial charge on any atom is 0.305 e. The van der Waals surface area contributed by atoms with Gasteiger partial charge in [0.25, 0.3) is 0 Å². The summed E-state index contributed by atoms with van der Waals surface area (Å²) in [5, 5.41) is 28.4. The first-order chi connectivity index (χ1) is 9.86. The number of aliphatic carboxylic acids is 1. The number of hydrogen-bond donors (Lipinski definition) is 1. The number of nitriles is 1. The molecule has 0 fully saturated rings. The molecule has 0 saturated heterocycles. The van der Waals surface area contributed by atoms with Gasteiger partial charge in [-0.3, -0.25) is 14.9 Å². The van der Waals surface area contributed by atoms with E-state index in [0.29, 0.717) is 18.8 Å². The Morgan fingerprint density at radius 1 is 1.57 bits per heavy atom. The Morgan fingerprint density at radius 3 is 2.71 bits per heavy atom. The monoisotopic (exact) mass is 292 g/mol. The number of nitro groups is 1. The van der Waals surface area contributed by atoms with Crippen LogP contribution in [0.1, 0.15) is 32.4 Å². The van der Waals surface area contributed by atoms with Crippen LogP contribution in [0.2, 0.25) is 0 Å². The lowest BCUT2D eigenvalue weighted by atomic mass is 10.2. The molecule has 0 atom stereocenters. The summed E-state index contributed by atoms with van der Waals surface area (Å²) in [4.78, 5) is 26.5. The van der Waals surface area contributed by atoms with Crippen LogP contribution in [0.25, 0.3) is 0 Å². The first-order valence-corrected chi connectivity index (χ1v) is 6.40. The van der Waals surface area contributed by atoms with Crippen molar-refractivity contribution < 1.29 is 14.8 Å². The summed E-state index contributed by atoms with van der Waals surface area (Å²) < 4.78 is 0. The second-order valence-electron chi connectivity index (χ2n) is 4.69. The quantitative estimate of drug-likeness (QED) is 0.602. The summed E-state index contributed by atoms with van der Waals surface area (Å²) in [6, 6.07) is 4.45. The van der Waals surface area contributed by atoms with Crippen LogP contribution in [0.4, 0.5) is 11.5 Å². The highest BCUT2D eigenvalue weighted by atomic mass is 16.6. The van der Waals surface area contributed by atoms with Crippen molar-refractivity contribution in [3.63, 3.8) is 0 Å². The molecule has 0 aliphatic carbocycles. The van der Waals surface area contributed by atoms with Gasteiger partial charge in [-0.15, -0.1) is 0 Å². The minimum absolute atomic E-state index is 0.0271. The lowest BCUT2D eigenvalue weighted by Crippen LogP contribution is -2.33. The predicted octanol–water partition coefficient (Wildman–Crippen LogP) is 1.94. The van der Waals surface area contributed by atoms with Crippen molar-refractivity contribution in [3.05, 3.63) is 27.9 Å². The first kappa shape index (κ1) is 16.4. The lowest BCUT2D eigenvalue weighted by molar-refractivity contribution is -0.385. The molecule has 1 heterocycles. The summed E-state index contributed by atoms with van der Waals surface area (Å²) in [5.41, 5.74) is -0.586. The number of pyridine rings is 1. The number of carbonyl (C=O) groups is 1. The standard InChI is InChI=1S/C13H16N4O4/c1-9(2)16(7-3-4-13(18)19)12-6-5-11(17(20)21)10(8-14)15-12/h5-6,9H,3-4,7H2,1-2H3,(H,18,19). The maximum atomic E-state index is 10.8. The average Bonchev–Trinajstić information content (AvgIpc) is 2.42. The Hall–Kier alpha value is -2.69. The molecule has 8 heteroatoms. The molecule has 1 rings (SSSR count). The van der Waals surface area contributed by atoms with Crippen LogP contribution in [-0.2, 0) is 4.79 Å². The normalized spacial score (nSPS) is 10.2. The molecule has 1 aromatic heterocycles. The van der Waals surface area contributed by atoms with Crippen molar-refractivity contribution in [3.8, 4) is 6.07 Å². The van der Waals surface area contributed by atoms with Crippen molar-refractivity contribution in [1.29, 1.82) is 5.26 Å². The molecular formula is C13H16N4O4. The molecular weight excluding hydrogens is 276 g/mol. The smallest absolute Gasteiger partial charge is 0.305 e. The van der Waals surface area contributed by atoms with Gasteiger partial charge in [0.1, 0.15) is 11.9 Å². The number of anilines is 1. The Kier molecular flexibility index (Phi) is 5.60. The molecule has 1 aromatic rings. The second kappa shape index (κ2) is 7.19. The second-order valence-corrected chi connectivity index (χ2v) is 4.69. The van der Waals surface area contributed by atoms with E-state index in [9.17, 15) is 14.9 Å². The van der Waals surface area contributed by atoms with E-state index in [4.69, 9.17) is 10.4 Å². The van der Waals surface area contributed by atoms with E-state index in [1.165, 1.54) is 12.1 Å². The molecule has 0 bridgehead atoms. The van der Waals surface area contributed by atoms with E-state index in [-0.39, 0.29) is 23.8 Å². The van der Waals surface area contributed by atoms with E-state index in [2.05, 4.69) is 4.98 Å². The topological polar surface area (TPSA) is 120 Å². The van der Waals surface area contributed by atoms with Crippen molar-refractivity contribution in [1.82, 2.24) is 4.98 Å². The molecule has 112 valence electrons. The molecule has 0 saturated carbocycles. The van der Waals surface area contributed by atoms with Gasteiger partial charge in [0.15, 0.2) is 0 Å². The Labute approximate surface area is 121 Å². The SMILES string of the molecule is CC(C)N(CCCC(=O)O)c1ccc([N+](=O)[O-])c(C#N)n1. The molecule has 0 aliphatic rings. The van der Waals surface area contributed by atoms with E-state index in [0.717, 1.165) is 0 Å². The number of aromatic nitrogens is 1. The highest BCUT2D eigenvalue weighted by molar-refractivity contribution is 5.66. The molecule has 1 N–H and O–H groups in total. The van der Waals surface area contributed by atoms with Crippen LogP contribution >= 0.6 is 0 Å². The zero-order chi connectivity index (χ0) is 16.0. The van der Waals surface area contributed by atoms with Gasteiger partial charge in [-0.25, -0.2) is 4.98 Å². The van der Waals surface area contributed by atoms with E-state index in [1.54, 1.807) is 6.07 Å². The van der Waals surface area contributed by atoms with Gasteiger partial charge in [-0.1, -0.05) is 0 Å². The van der Waals surface area contributed by atoms with Crippen LogP contribution in [0.5, 0.6) is 0 Å². The van der Waals surface area contributed by atoms with Crippen molar-refractivity contribution in [2.75, 3.05) is 11.4 Å². The molecule has 0 aliphatic heterocycles. The van der Waals surface area contributed by atoms with Gasteiger partial charge in [0.05, 0.1) is 4.92 Å². The van der Waals surface area contributed by atoms with Gasteiger partial charge in [-0.2, -0.15) is 5.26 Å². The van der Waals surface area contributed by atoms with E-state index in [1.807, 2.05) is 18.7 Å². The zero-order valence-corrected chi connectivity index (χ0v) is 11.8. The third-order valence-corrected chi connectivity index (χ3v) is 2.87. The lowest BCUT2D eigenvalue weighted by Gasteiger charge is -2.27. The molecule has 8 nitrogen and oxygen atoms in total. The third-order valence-electron chi connectivity index (χ3n) is 2.87.